The standard InChI is InChI=1S/C24H33N3O/c1-19(2)16-20-8-10-21(11-9-20)17-24(28)27(18-22-6-3-4-14-26-22)23-7-5-13-25-15-12-23/h3-4,6,8-11,14,19,23,25H,5,7,12-13,15-18H2,1-2H3. The molecule has 1 amide bonds. The second-order valence-corrected chi connectivity index (χ2v) is 8.27. The number of hydrogen-bond donors (Lipinski definition) is 1. The van der Waals surface area contributed by atoms with Crippen LogP contribution >= 0.6 is 0 Å². The zero-order chi connectivity index (χ0) is 19.8. The maximum atomic E-state index is 13.3. The Bertz CT molecular complexity index is 719. The Kier molecular flexibility index (Phi) is 7.61. The van der Waals surface area contributed by atoms with Gasteiger partial charge in [-0.05, 0) is 68.0 Å². The summed E-state index contributed by atoms with van der Waals surface area (Å²) in [5.74, 6) is 0.847. The summed E-state index contributed by atoms with van der Waals surface area (Å²) in [6.45, 7) is 7.07. The molecular weight excluding hydrogens is 346 g/mol. The molecule has 150 valence electrons. The highest BCUT2D eigenvalue weighted by Crippen LogP contribution is 2.19. The molecule has 3 rings (SSSR count). The number of aromatic nitrogens is 1. The zero-order valence-corrected chi connectivity index (χ0v) is 17.2. The Labute approximate surface area is 169 Å². The van der Waals surface area contributed by atoms with Crippen LogP contribution in [-0.2, 0) is 24.2 Å². The number of hydrogen-bond acceptors (Lipinski definition) is 3. The molecule has 2 heterocycles. The van der Waals surface area contributed by atoms with Crippen molar-refractivity contribution < 1.29 is 4.79 Å². The van der Waals surface area contributed by atoms with Gasteiger partial charge < -0.3 is 10.2 Å². The molecule has 1 aliphatic heterocycles. The third-order valence-electron chi connectivity index (χ3n) is 5.39. The number of pyridine rings is 1. The normalized spacial score (nSPS) is 17.3. The molecule has 1 aromatic carbocycles. The minimum atomic E-state index is 0.203. The Morgan fingerprint density at radius 3 is 2.61 bits per heavy atom. The van der Waals surface area contributed by atoms with Gasteiger partial charge in [0.15, 0.2) is 0 Å². The molecule has 0 radical (unpaired) electrons. The van der Waals surface area contributed by atoms with Crippen LogP contribution in [0.25, 0.3) is 0 Å². The number of carbonyl (C=O) groups is 1. The smallest absolute Gasteiger partial charge is 0.227 e. The molecule has 1 unspecified atom stereocenters. The fourth-order valence-corrected chi connectivity index (χ4v) is 3.94. The molecule has 0 saturated carbocycles. The average molecular weight is 380 g/mol. The molecule has 0 aliphatic carbocycles. The van der Waals surface area contributed by atoms with Crippen LogP contribution in [-0.4, -0.2) is 34.9 Å². The van der Waals surface area contributed by atoms with Gasteiger partial charge in [0.2, 0.25) is 5.91 Å². The van der Waals surface area contributed by atoms with Gasteiger partial charge in [-0.15, -0.1) is 0 Å². The van der Waals surface area contributed by atoms with Gasteiger partial charge in [-0.25, -0.2) is 0 Å². The second-order valence-electron chi connectivity index (χ2n) is 8.27. The van der Waals surface area contributed by atoms with E-state index in [1.807, 2.05) is 18.2 Å². The highest BCUT2D eigenvalue weighted by Gasteiger charge is 2.25. The largest absolute Gasteiger partial charge is 0.333 e. The summed E-state index contributed by atoms with van der Waals surface area (Å²) in [7, 11) is 0. The van der Waals surface area contributed by atoms with Gasteiger partial charge >= 0.3 is 0 Å². The van der Waals surface area contributed by atoms with Crippen molar-refractivity contribution in [1.82, 2.24) is 15.2 Å². The van der Waals surface area contributed by atoms with Crippen LogP contribution in [0.4, 0.5) is 0 Å². The fourth-order valence-electron chi connectivity index (χ4n) is 3.94. The minimum Gasteiger partial charge on any atom is -0.333 e. The minimum absolute atomic E-state index is 0.203. The Morgan fingerprint density at radius 1 is 1.11 bits per heavy atom. The van der Waals surface area contributed by atoms with Crippen molar-refractivity contribution in [1.29, 1.82) is 0 Å². The van der Waals surface area contributed by atoms with E-state index in [0.717, 1.165) is 50.0 Å². The average Bonchev–Trinajstić information content (AvgIpc) is 2.97. The van der Waals surface area contributed by atoms with Gasteiger partial charge in [0.25, 0.3) is 0 Å². The summed E-state index contributed by atoms with van der Waals surface area (Å²) in [6, 6.07) is 14.8. The molecule has 1 N–H and O–H groups in total. The molecule has 1 atom stereocenters. The SMILES string of the molecule is CC(C)Cc1ccc(CC(=O)N(Cc2ccccn2)C2CCCNCC2)cc1. The zero-order valence-electron chi connectivity index (χ0n) is 17.2. The molecule has 0 spiro atoms. The molecule has 1 aromatic heterocycles. The van der Waals surface area contributed by atoms with Crippen molar-refractivity contribution in [3.8, 4) is 0 Å². The topological polar surface area (TPSA) is 45.2 Å². The maximum Gasteiger partial charge on any atom is 0.227 e. The van der Waals surface area contributed by atoms with Crippen molar-refractivity contribution in [2.45, 2.75) is 58.5 Å². The van der Waals surface area contributed by atoms with Crippen LogP contribution in [0.2, 0.25) is 0 Å². The highest BCUT2D eigenvalue weighted by molar-refractivity contribution is 5.79. The summed E-state index contributed by atoms with van der Waals surface area (Å²) in [4.78, 5) is 19.8. The quantitative estimate of drug-likeness (QED) is 0.791. The fraction of sp³-hybridized carbons (Fsp3) is 0.500. The van der Waals surface area contributed by atoms with E-state index in [4.69, 9.17) is 0 Å². The lowest BCUT2D eigenvalue weighted by atomic mass is 10.00. The molecule has 0 bridgehead atoms. The molecule has 1 fully saturated rings. The summed E-state index contributed by atoms with van der Waals surface area (Å²) in [5.41, 5.74) is 3.39. The summed E-state index contributed by atoms with van der Waals surface area (Å²) in [5, 5.41) is 3.45. The Morgan fingerprint density at radius 2 is 1.89 bits per heavy atom. The van der Waals surface area contributed by atoms with Crippen molar-refractivity contribution >= 4 is 5.91 Å². The van der Waals surface area contributed by atoms with Gasteiger partial charge in [0, 0.05) is 12.2 Å². The number of nitrogens with zero attached hydrogens (tertiary/aromatic N) is 2. The van der Waals surface area contributed by atoms with E-state index in [1.165, 1.54) is 5.56 Å². The van der Waals surface area contributed by atoms with Crippen molar-refractivity contribution in [3.63, 3.8) is 0 Å². The van der Waals surface area contributed by atoms with Gasteiger partial charge in [-0.3, -0.25) is 9.78 Å². The van der Waals surface area contributed by atoms with E-state index in [0.29, 0.717) is 18.9 Å². The number of rotatable bonds is 7. The van der Waals surface area contributed by atoms with Crippen LogP contribution in [0.15, 0.2) is 48.7 Å². The number of nitrogens with one attached hydrogen (secondary N) is 1. The molecule has 4 nitrogen and oxygen atoms in total. The molecule has 1 saturated heterocycles. The molecule has 4 heteroatoms. The van der Waals surface area contributed by atoms with Crippen molar-refractivity contribution in [2.24, 2.45) is 5.92 Å². The summed E-state index contributed by atoms with van der Waals surface area (Å²) >= 11 is 0. The lowest BCUT2D eigenvalue weighted by Gasteiger charge is -2.31. The lowest BCUT2D eigenvalue weighted by molar-refractivity contribution is -0.133. The van der Waals surface area contributed by atoms with Crippen LogP contribution < -0.4 is 5.32 Å². The first-order chi connectivity index (χ1) is 13.6. The number of amides is 1. The molecular formula is C24H33N3O. The molecule has 28 heavy (non-hydrogen) atoms. The molecule has 2 aromatic rings. The summed E-state index contributed by atoms with van der Waals surface area (Å²) in [6.07, 6.45) is 6.51. The number of benzene rings is 1. The first-order valence-electron chi connectivity index (χ1n) is 10.6. The number of carbonyl (C=O) groups excluding carboxylic acids is 1. The van der Waals surface area contributed by atoms with Crippen LogP contribution in [0, 0.1) is 5.92 Å². The Hall–Kier alpha value is -2.20. The van der Waals surface area contributed by atoms with Gasteiger partial charge in [-0.1, -0.05) is 44.2 Å². The van der Waals surface area contributed by atoms with Crippen LogP contribution in [0.1, 0.15) is 49.9 Å². The third kappa shape index (κ3) is 6.16. The van der Waals surface area contributed by atoms with E-state index >= 15 is 0 Å². The van der Waals surface area contributed by atoms with E-state index in [2.05, 4.69) is 53.3 Å². The van der Waals surface area contributed by atoms with E-state index in [-0.39, 0.29) is 11.9 Å². The lowest BCUT2D eigenvalue weighted by Crippen LogP contribution is -2.41. The predicted octanol–water partition coefficient (Wildman–Crippen LogP) is 3.99. The second kappa shape index (κ2) is 10.4. The van der Waals surface area contributed by atoms with Crippen LogP contribution in [0.5, 0.6) is 0 Å². The van der Waals surface area contributed by atoms with Crippen molar-refractivity contribution in [2.75, 3.05) is 13.1 Å². The Balaban J connectivity index is 1.71. The van der Waals surface area contributed by atoms with E-state index in [1.54, 1.807) is 6.20 Å². The van der Waals surface area contributed by atoms with Gasteiger partial charge in [0.1, 0.15) is 0 Å². The van der Waals surface area contributed by atoms with E-state index < -0.39 is 0 Å². The first-order valence-corrected chi connectivity index (χ1v) is 10.6. The van der Waals surface area contributed by atoms with E-state index in [9.17, 15) is 4.79 Å². The highest BCUT2D eigenvalue weighted by atomic mass is 16.2. The maximum absolute atomic E-state index is 13.3. The van der Waals surface area contributed by atoms with Crippen LogP contribution in [0.3, 0.4) is 0 Å². The van der Waals surface area contributed by atoms with Crippen molar-refractivity contribution in [3.05, 3.63) is 65.5 Å². The first kappa shape index (κ1) is 20.5. The van der Waals surface area contributed by atoms with Gasteiger partial charge in [-0.2, -0.15) is 0 Å². The van der Waals surface area contributed by atoms with Gasteiger partial charge in [0.05, 0.1) is 18.7 Å². The molecule has 1 aliphatic rings. The third-order valence-corrected chi connectivity index (χ3v) is 5.39. The predicted molar refractivity (Wildman–Crippen MR) is 114 cm³/mol. The monoisotopic (exact) mass is 379 g/mol. The summed E-state index contributed by atoms with van der Waals surface area (Å²) < 4.78 is 0.